The molecule has 2 N–H and O–H groups in total. The van der Waals surface area contributed by atoms with Gasteiger partial charge in [-0.1, -0.05) is 6.07 Å². The van der Waals surface area contributed by atoms with Crippen molar-refractivity contribution in [2.45, 2.75) is 74.9 Å². The SMILES string of the molecule is COCOc1c(C)c(C)cc2c1[C@@H]1C3[C@@H]4SC[C@H](NC(=O)C(F)(F)F)C(=O)OC[C@H](c5c6c(c(C)c(O)c54)OCO6)N3[C@@H](C#N)[C@H](C2)N1C.[Ac]. The van der Waals surface area contributed by atoms with Gasteiger partial charge in [-0.05, 0) is 50.9 Å². The summed E-state index contributed by atoms with van der Waals surface area (Å²) in [7, 11) is 3.46. The molecule has 7 atom stereocenters. The Balaban J connectivity index is 0.00000432. The van der Waals surface area contributed by atoms with Gasteiger partial charge in [0.15, 0.2) is 18.3 Å². The maximum atomic E-state index is 13.4. The molecule has 4 bridgehead atoms. The molecule has 7 rings (SSSR count). The molecule has 1 amide bonds. The molecule has 265 valence electrons. The number of rotatable bonds is 4. The number of halogens is 3. The maximum Gasteiger partial charge on any atom is 0.471 e. The number of nitrogens with one attached hydrogen (secondary N) is 1. The van der Waals surface area contributed by atoms with Gasteiger partial charge in [0.25, 0.3) is 0 Å². The maximum absolute atomic E-state index is 13.4. The molecule has 0 spiro atoms. The van der Waals surface area contributed by atoms with Crippen molar-refractivity contribution in [1.82, 2.24) is 15.1 Å². The van der Waals surface area contributed by atoms with Gasteiger partial charge in [-0.25, -0.2) is 4.79 Å². The summed E-state index contributed by atoms with van der Waals surface area (Å²) in [6.07, 6.45) is -4.72. The molecule has 0 saturated carbocycles. The molecule has 1 radical (unpaired) electrons. The van der Waals surface area contributed by atoms with Crippen LogP contribution in [0.25, 0.3) is 0 Å². The Morgan fingerprint density at radius 2 is 1.88 bits per heavy atom. The number of methoxy groups -OCH3 is 1. The van der Waals surface area contributed by atoms with Crippen LogP contribution in [0.15, 0.2) is 6.07 Å². The van der Waals surface area contributed by atoms with Crippen LogP contribution in [0.5, 0.6) is 23.0 Å². The van der Waals surface area contributed by atoms with Crippen LogP contribution in [0, 0.1) is 76.2 Å². The van der Waals surface area contributed by atoms with E-state index >= 15 is 0 Å². The summed E-state index contributed by atoms with van der Waals surface area (Å²) < 4.78 is 69.1. The summed E-state index contributed by atoms with van der Waals surface area (Å²) in [5, 5.41) is 23.8. The fourth-order valence-electron chi connectivity index (χ4n) is 8.20. The second kappa shape index (κ2) is 13.8. The number of likely N-dealkylation sites (N-methyl/N-ethyl adjacent to an activating group) is 1. The molecular formula is C33H35AcF3N4O8S. The van der Waals surface area contributed by atoms with Crippen LogP contribution in [0.2, 0.25) is 0 Å². The number of benzene rings is 2. The van der Waals surface area contributed by atoms with E-state index in [1.165, 1.54) is 7.11 Å². The molecule has 12 nitrogen and oxygen atoms in total. The number of piperazine rings is 1. The molecule has 17 heteroatoms. The average Bonchev–Trinajstić information content (AvgIpc) is 3.55. The number of cyclic esters (lactones) is 1. The van der Waals surface area contributed by atoms with Gasteiger partial charge in [0.2, 0.25) is 6.79 Å². The van der Waals surface area contributed by atoms with E-state index in [1.54, 1.807) is 12.2 Å². The number of fused-ring (bicyclic) bond motifs is 9. The van der Waals surface area contributed by atoms with Crippen molar-refractivity contribution in [3.8, 4) is 29.1 Å². The number of carbonyl (C=O) groups is 2. The Labute approximate surface area is 326 Å². The first-order chi connectivity index (χ1) is 23.3. The molecule has 50 heavy (non-hydrogen) atoms. The van der Waals surface area contributed by atoms with Crippen LogP contribution in [0.1, 0.15) is 56.3 Å². The van der Waals surface area contributed by atoms with E-state index in [4.69, 9.17) is 23.7 Å². The third kappa shape index (κ3) is 5.73. The molecule has 5 aliphatic heterocycles. The number of carbonyl (C=O) groups excluding carboxylic acids is 2. The zero-order valence-corrected chi connectivity index (χ0v) is 33.5. The second-order valence-corrected chi connectivity index (χ2v) is 14.1. The Morgan fingerprint density at radius 1 is 1.16 bits per heavy atom. The van der Waals surface area contributed by atoms with Gasteiger partial charge in [0, 0.05) is 91.3 Å². The topological polar surface area (TPSA) is 143 Å². The molecule has 5 heterocycles. The van der Waals surface area contributed by atoms with Gasteiger partial charge in [-0.15, -0.1) is 11.8 Å². The normalized spacial score (nSPS) is 28.3. The molecule has 2 aromatic rings. The number of phenols is 1. The molecular weight excluding hydrogens is 896 g/mol. The van der Waals surface area contributed by atoms with E-state index < -0.39 is 60.1 Å². The first-order valence-corrected chi connectivity index (χ1v) is 16.8. The zero-order chi connectivity index (χ0) is 35.1. The second-order valence-electron chi connectivity index (χ2n) is 13.0. The number of aromatic hydroxyl groups is 1. The van der Waals surface area contributed by atoms with Gasteiger partial charge < -0.3 is 34.1 Å². The van der Waals surface area contributed by atoms with E-state index in [1.807, 2.05) is 25.8 Å². The standard InChI is InChI=1S/C33H35F3N4O8S.Ac/c1-13-6-16-7-18-19(8-37)40-20-9-45-31(42)17(38-32(43)33(34,35)36)10-49-30(23-22(20)29-28(47-12-48-29)15(3)26(23)41)25(40)24(39(18)4)21(16)27(14(13)2)46-11-44-5;/h6,17-20,24-25,30,41H,7,9-12H2,1-5H3,(H,38,43);/t17-,18-,19-,20+,24+,25?,30+;/m0./s1. The average molecular weight is 932 g/mol. The first-order valence-electron chi connectivity index (χ1n) is 15.7. The van der Waals surface area contributed by atoms with E-state index in [2.05, 4.69) is 17.0 Å². The number of phenolic OH excluding ortho intramolecular Hbond substituents is 1. The Hall–Kier alpha value is -2.47. The third-order valence-corrected chi connectivity index (χ3v) is 11.9. The van der Waals surface area contributed by atoms with Crippen molar-refractivity contribution >= 4 is 23.6 Å². The van der Waals surface area contributed by atoms with E-state index in [0.29, 0.717) is 40.4 Å². The molecule has 2 fully saturated rings. The monoisotopic (exact) mass is 931 g/mol. The number of amides is 1. The summed E-state index contributed by atoms with van der Waals surface area (Å²) in [5.74, 6) is -2.40. The Kier molecular flexibility index (Phi) is 10.3. The predicted molar refractivity (Wildman–Crippen MR) is 167 cm³/mol. The quantitative estimate of drug-likeness (QED) is 0.342. The van der Waals surface area contributed by atoms with Gasteiger partial charge >= 0.3 is 18.1 Å². The van der Waals surface area contributed by atoms with Crippen LogP contribution in [-0.4, -0.2) is 97.2 Å². The van der Waals surface area contributed by atoms with Crippen molar-refractivity contribution in [2.75, 3.05) is 40.1 Å². The molecule has 0 aromatic heterocycles. The van der Waals surface area contributed by atoms with Gasteiger partial charge in [0.1, 0.15) is 30.2 Å². The van der Waals surface area contributed by atoms with Crippen molar-refractivity contribution in [3.05, 3.63) is 45.0 Å². The number of aryl methyl sites for hydroxylation is 1. The number of ether oxygens (including phenoxy) is 5. The van der Waals surface area contributed by atoms with Gasteiger partial charge in [-0.2, -0.15) is 18.4 Å². The summed E-state index contributed by atoms with van der Waals surface area (Å²) in [6, 6.07) is -0.0211. The zero-order valence-electron chi connectivity index (χ0n) is 27.9. The molecule has 1 unspecified atom stereocenters. The third-order valence-electron chi connectivity index (χ3n) is 10.5. The van der Waals surface area contributed by atoms with Crippen LogP contribution in [-0.2, 0) is 25.5 Å². The largest absolute Gasteiger partial charge is 0.507 e. The van der Waals surface area contributed by atoms with E-state index in [0.717, 1.165) is 34.0 Å². The summed E-state index contributed by atoms with van der Waals surface area (Å²) in [6.45, 7) is 5.10. The van der Waals surface area contributed by atoms with E-state index in [-0.39, 0.29) is 75.2 Å². The minimum Gasteiger partial charge on any atom is -0.507 e. The smallest absolute Gasteiger partial charge is 0.471 e. The van der Waals surface area contributed by atoms with Gasteiger partial charge in [-0.3, -0.25) is 14.6 Å². The summed E-state index contributed by atoms with van der Waals surface area (Å²) in [4.78, 5) is 29.5. The van der Waals surface area contributed by atoms with Crippen LogP contribution >= 0.6 is 11.8 Å². The number of nitrogens with zero attached hydrogens (tertiary/aromatic N) is 3. The Bertz CT molecular complexity index is 1790. The molecule has 5 aliphatic rings. The van der Waals surface area contributed by atoms with Crippen molar-refractivity contribution < 1.29 is 95.6 Å². The fourth-order valence-corrected chi connectivity index (χ4v) is 9.71. The van der Waals surface area contributed by atoms with Crippen LogP contribution in [0.4, 0.5) is 13.2 Å². The minimum atomic E-state index is -5.22. The van der Waals surface area contributed by atoms with Gasteiger partial charge in [0.05, 0.1) is 23.4 Å². The Morgan fingerprint density at radius 3 is 2.56 bits per heavy atom. The first kappa shape index (κ1) is 37.3. The van der Waals surface area contributed by atoms with Crippen LogP contribution in [0.3, 0.4) is 0 Å². The molecule has 0 aliphatic carbocycles. The number of esters is 1. The number of hydrogen-bond acceptors (Lipinski definition) is 12. The van der Waals surface area contributed by atoms with Crippen molar-refractivity contribution in [1.29, 1.82) is 5.26 Å². The number of nitriles is 1. The molecule has 2 saturated heterocycles. The summed E-state index contributed by atoms with van der Waals surface area (Å²) >= 11 is 1.10. The van der Waals surface area contributed by atoms with Crippen molar-refractivity contribution in [2.24, 2.45) is 0 Å². The number of thioether (sulfide) groups is 1. The fraction of sp³-hybridized carbons (Fsp3) is 0.545. The molecule has 2 aromatic carbocycles. The van der Waals surface area contributed by atoms with Crippen molar-refractivity contribution in [3.63, 3.8) is 0 Å². The minimum absolute atomic E-state index is 0. The van der Waals surface area contributed by atoms with E-state index in [9.17, 15) is 33.1 Å². The number of hydrogen-bond donors (Lipinski definition) is 2. The van der Waals surface area contributed by atoms with Crippen LogP contribution < -0.4 is 19.5 Å². The predicted octanol–water partition coefficient (Wildman–Crippen LogP) is 3.64. The number of alkyl halides is 3. The summed E-state index contributed by atoms with van der Waals surface area (Å²) in [5.41, 5.74) is 5.14.